The van der Waals surface area contributed by atoms with E-state index >= 15 is 0 Å². The molecule has 0 bridgehead atoms. The molecule has 0 radical (unpaired) electrons. The molecule has 0 saturated heterocycles. The number of benzene rings is 8. The van der Waals surface area contributed by atoms with Gasteiger partial charge in [0.05, 0.1) is 0 Å². The van der Waals surface area contributed by atoms with Gasteiger partial charge in [-0.15, -0.1) is 0 Å². The van der Waals surface area contributed by atoms with E-state index in [1.165, 1.54) is 43.8 Å². The zero-order chi connectivity index (χ0) is 33.0. The van der Waals surface area contributed by atoms with Crippen LogP contribution in [0.15, 0.2) is 180 Å². The first-order chi connectivity index (χ1) is 24.0. The molecule has 9 aromatic rings. The second kappa shape index (κ2) is 11.5. The van der Waals surface area contributed by atoms with Crippen molar-refractivity contribution in [3.8, 4) is 11.1 Å². The Morgan fingerprint density at radius 2 is 1.00 bits per heavy atom. The van der Waals surface area contributed by atoms with E-state index < -0.39 is 0 Å². The highest BCUT2D eigenvalue weighted by atomic mass is 16.3. The molecule has 8 aromatic carbocycles. The summed E-state index contributed by atoms with van der Waals surface area (Å²) in [5.41, 5.74) is 9.98. The van der Waals surface area contributed by atoms with Gasteiger partial charge < -0.3 is 9.32 Å². The van der Waals surface area contributed by atoms with Gasteiger partial charge in [-0.3, -0.25) is 0 Å². The molecule has 2 nitrogen and oxygen atoms in total. The number of furan rings is 1. The van der Waals surface area contributed by atoms with E-state index in [1.807, 2.05) is 12.1 Å². The Morgan fingerprint density at radius 3 is 1.82 bits per heavy atom. The molecule has 0 unspecified atom stereocenters. The van der Waals surface area contributed by atoms with Gasteiger partial charge in [0.1, 0.15) is 11.2 Å². The lowest BCUT2D eigenvalue weighted by atomic mass is 9.78. The minimum absolute atomic E-state index is 0.168. The van der Waals surface area contributed by atoms with Gasteiger partial charge in [-0.25, -0.2) is 0 Å². The van der Waals surface area contributed by atoms with Crippen molar-refractivity contribution in [2.75, 3.05) is 4.90 Å². The van der Waals surface area contributed by atoms with E-state index in [-0.39, 0.29) is 5.41 Å². The summed E-state index contributed by atoms with van der Waals surface area (Å²) in [7, 11) is 0. The third-order valence-corrected chi connectivity index (χ3v) is 10.1. The monoisotopic (exact) mass is 629 g/mol. The largest absolute Gasteiger partial charge is 0.456 e. The molecule has 2 heteroatoms. The Balaban J connectivity index is 1.23. The summed E-state index contributed by atoms with van der Waals surface area (Å²) >= 11 is 0. The van der Waals surface area contributed by atoms with Crippen LogP contribution in [0.2, 0.25) is 0 Å². The van der Waals surface area contributed by atoms with Crippen LogP contribution in [0.25, 0.3) is 54.6 Å². The Kier molecular flexibility index (Phi) is 6.84. The molecule has 0 amide bonds. The van der Waals surface area contributed by atoms with Crippen molar-refractivity contribution in [1.82, 2.24) is 0 Å². The van der Waals surface area contributed by atoms with Crippen molar-refractivity contribution in [3.63, 3.8) is 0 Å². The number of rotatable bonds is 6. The molecule has 1 aromatic heterocycles. The van der Waals surface area contributed by atoms with Gasteiger partial charge in [0, 0.05) is 33.2 Å². The molecule has 0 saturated carbocycles. The van der Waals surface area contributed by atoms with Gasteiger partial charge in [-0.2, -0.15) is 0 Å². The van der Waals surface area contributed by atoms with E-state index in [4.69, 9.17) is 4.42 Å². The van der Waals surface area contributed by atoms with Crippen LogP contribution >= 0.6 is 0 Å². The van der Waals surface area contributed by atoms with Crippen molar-refractivity contribution in [3.05, 3.63) is 187 Å². The number of nitrogens with zero attached hydrogens (tertiary/aromatic N) is 1. The van der Waals surface area contributed by atoms with E-state index in [2.05, 4.69) is 183 Å². The first-order valence-electron chi connectivity index (χ1n) is 16.9. The standard InChI is InChI=1S/C47H35NO/c1-47(2,36-14-7-4-8-15-36)37-16-11-17-39(29-37)48(38-25-22-33(23-26-38)32-12-5-3-6-13-32)40-27-24-34-20-21-35-28-46-44(31-43(35)42(34)30-40)41-18-9-10-19-45(41)49-46/h3-31H,1-2H3. The third kappa shape index (κ3) is 5.05. The van der Waals surface area contributed by atoms with Crippen molar-refractivity contribution < 1.29 is 4.42 Å². The molecule has 0 spiro atoms. The van der Waals surface area contributed by atoms with Crippen LogP contribution in [0, 0.1) is 0 Å². The predicted octanol–water partition coefficient (Wildman–Crippen LogP) is 13.4. The Hall–Kier alpha value is -6.12. The van der Waals surface area contributed by atoms with E-state index in [0.29, 0.717) is 0 Å². The van der Waals surface area contributed by atoms with E-state index in [1.54, 1.807) is 0 Å². The molecular formula is C47H35NO. The summed E-state index contributed by atoms with van der Waals surface area (Å²) in [5.74, 6) is 0. The molecule has 1 heterocycles. The van der Waals surface area contributed by atoms with Crippen LogP contribution in [0.1, 0.15) is 25.0 Å². The highest BCUT2D eigenvalue weighted by Gasteiger charge is 2.24. The van der Waals surface area contributed by atoms with E-state index in [9.17, 15) is 0 Å². The average Bonchev–Trinajstić information content (AvgIpc) is 3.52. The highest BCUT2D eigenvalue weighted by Crippen LogP contribution is 2.42. The minimum atomic E-state index is -0.168. The maximum Gasteiger partial charge on any atom is 0.136 e. The fraction of sp³-hybridized carbons (Fsp3) is 0.0638. The molecule has 0 aliphatic carbocycles. The normalized spacial score (nSPS) is 11.9. The maximum atomic E-state index is 6.25. The first kappa shape index (κ1) is 29.1. The molecule has 0 N–H and O–H groups in total. The second-order valence-corrected chi connectivity index (χ2v) is 13.4. The van der Waals surface area contributed by atoms with Crippen molar-refractivity contribution in [1.29, 1.82) is 0 Å². The van der Waals surface area contributed by atoms with Crippen LogP contribution in [0.4, 0.5) is 17.1 Å². The number of para-hydroxylation sites is 1. The zero-order valence-electron chi connectivity index (χ0n) is 27.6. The zero-order valence-corrected chi connectivity index (χ0v) is 27.6. The molecule has 0 atom stereocenters. The molecular weight excluding hydrogens is 595 g/mol. The van der Waals surface area contributed by atoms with Crippen molar-refractivity contribution in [2.45, 2.75) is 19.3 Å². The number of hydrogen-bond donors (Lipinski definition) is 0. The minimum Gasteiger partial charge on any atom is -0.456 e. The number of hydrogen-bond acceptors (Lipinski definition) is 2. The van der Waals surface area contributed by atoms with Gasteiger partial charge in [-0.1, -0.05) is 135 Å². The van der Waals surface area contributed by atoms with Gasteiger partial charge in [0.25, 0.3) is 0 Å². The first-order valence-corrected chi connectivity index (χ1v) is 16.9. The lowest BCUT2D eigenvalue weighted by Gasteiger charge is -2.30. The molecule has 0 aliphatic heterocycles. The molecule has 0 fully saturated rings. The van der Waals surface area contributed by atoms with Crippen molar-refractivity contribution in [2.24, 2.45) is 0 Å². The Bertz CT molecular complexity index is 2620. The summed E-state index contributed by atoms with van der Waals surface area (Å²) in [6.07, 6.45) is 0. The quantitative estimate of drug-likeness (QED) is 0.170. The summed E-state index contributed by atoms with van der Waals surface area (Å²) in [6.45, 7) is 4.62. The molecule has 234 valence electrons. The second-order valence-electron chi connectivity index (χ2n) is 13.4. The highest BCUT2D eigenvalue weighted by molar-refractivity contribution is 6.17. The fourth-order valence-corrected chi connectivity index (χ4v) is 7.34. The van der Waals surface area contributed by atoms with Crippen LogP contribution < -0.4 is 4.90 Å². The molecule has 49 heavy (non-hydrogen) atoms. The van der Waals surface area contributed by atoms with Crippen LogP contribution in [0.5, 0.6) is 0 Å². The van der Waals surface area contributed by atoms with Crippen LogP contribution in [0.3, 0.4) is 0 Å². The molecule has 9 rings (SSSR count). The topological polar surface area (TPSA) is 16.4 Å². The van der Waals surface area contributed by atoms with Gasteiger partial charge >= 0.3 is 0 Å². The Labute approximate surface area is 286 Å². The summed E-state index contributed by atoms with van der Waals surface area (Å²) in [4.78, 5) is 2.39. The Morgan fingerprint density at radius 1 is 0.388 bits per heavy atom. The lowest BCUT2D eigenvalue weighted by Crippen LogP contribution is -2.19. The number of anilines is 3. The summed E-state index contributed by atoms with van der Waals surface area (Å²) < 4.78 is 6.25. The maximum absolute atomic E-state index is 6.25. The lowest BCUT2D eigenvalue weighted by molar-refractivity contribution is 0.641. The third-order valence-electron chi connectivity index (χ3n) is 10.1. The summed E-state index contributed by atoms with van der Waals surface area (Å²) in [5, 5.41) is 7.10. The van der Waals surface area contributed by atoms with Crippen LogP contribution in [-0.2, 0) is 5.41 Å². The van der Waals surface area contributed by atoms with E-state index in [0.717, 1.165) is 39.0 Å². The SMILES string of the molecule is CC(C)(c1ccccc1)c1cccc(N(c2ccc(-c3ccccc3)cc2)c2ccc3ccc4cc5oc6ccccc6c5cc4c3c2)c1. The predicted molar refractivity (Wildman–Crippen MR) is 207 cm³/mol. The smallest absolute Gasteiger partial charge is 0.136 e. The number of fused-ring (bicyclic) bond motifs is 6. The van der Waals surface area contributed by atoms with Gasteiger partial charge in [0.2, 0.25) is 0 Å². The fourth-order valence-electron chi connectivity index (χ4n) is 7.34. The van der Waals surface area contributed by atoms with Crippen LogP contribution in [-0.4, -0.2) is 0 Å². The summed E-state index contributed by atoms with van der Waals surface area (Å²) in [6, 6.07) is 63.4. The molecule has 0 aliphatic rings. The van der Waals surface area contributed by atoms with Crippen molar-refractivity contribution >= 4 is 60.5 Å². The van der Waals surface area contributed by atoms with Gasteiger partial charge in [0.15, 0.2) is 0 Å². The van der Waals surface area contributed by atoms with Gasteiger partial charge in [-0.05, 0) is 98.4 Å². The average molecular weight is 630 g/mol.